The number of carboxylic acid groups (broad SMARTS) is 1. The molecular weight excluding hydrogens is 494 g/mol. The summed E-state index contributed by atoms with van der Waals surface area (Å²) in [6.45, 7) is 5.18. The van der Waals surface area contributed by atoms with E-state index in [0.717, 1.165) is 39.1 Å². The summed E-state index contributed by atoms with van der Waals surface area (Å²) in [5.74, 6) is 1.23. The van der Waals surface area contributed by atoms with Crippen LogP contribution in [0.1, 0.15) is 41.0 Å². The van der Waals surface area contributed by atoms with Crippen LogP contribution in [0.2, 0.25) is 0 Å². The molecule has 37 heavy (non-hydrogen) atoms. The second kappa shape index (κ2) is 11.3. The highest BCUT2D eigenvalue weighted by molar-refractivity contribution is 7.90. The molecule has 0 unspecified atom stereocenters. The SMILES string of the molecule is Cc1cc(OCCCS(C)(=O)=O)cc(C)c1-c1cccc([14CH2]Oc2ccc3c(c2)OC[C@H]3CC(=O)O)c1. The molecule has 1 aliphatic heterocycles. The predicted octanol–water partition coefficient (Wildman–Crippen LogP) is 5.31. The van der Waals surface area contributed by atoms with Gasteiger partial charge in [-0.05, 0) is 72.4 Å². The molecule has 7 nitrogen and oxygen atoms in total. The summed E-state index contributed by atoms with van der Waals surface area (Å²) in [4.78, 5) is 11.1. The fourth-order valence-corrected chi connectivity index (χ4v) is 5.33. The Morgan fingerprint density at radius 2 is 1.84 bits per heavy atom. The van der Waals surface area contributed by atoms with Crippen molar-refractivity contribution >= 4 is 15.8 Å². The fraction of sp³-hybridized carbons (Fsp3) is 0.345. The number of rotatable bonds is 11. The highest BCUT2D eigenvalue weighted by Gasteiger charge is 2.26. The van der Waals surface area contributed by atoms with Crippen molar-refractivity contribution in [2.75, 3.05) is 25.2 Å². The Hall–Kier alpha value is -3.52. The summed E-state index contributed by atoms with van der Waals surface area (Å²) >= 11 is 0. The first kappa shape index (κ1) is 26.5. The first-order valence-electron chi connectivity index (χ1n) is 12.2. The normalized spacial score (nSPS) is 14.6. The molecule has 1 N–H and O–H groups in total. The van der Waals surface area contributed by atoms with Gasteiger partial charge >= 0.3 is 5.97 Å². The van der Waals surface area contributed by atoms with Crippen molar-refractivity contribution in [2.24, 2.45) is 0 Å². The van der Waals surface area contributed by atoms with Crippen LogP contribution in [0.3, 0.4) is 0 Å². The van der Waals surface area contributed by atoms with E-state index in [1.54, 1.807) is 0 Å². The minimum absolute atomic E-state index is 0.0507. The monoisotopic (exact) mass is 526 g/mol. The lowest BCUT2D eigenvalue weighted by atomic mass is 9.95. The van der Waals surface area contributed by atoms with Crippen LogP contribution in [0.5, 0.6) is 17.2 Å². The summed E-state index contributed by atoms with van der Waals surface area (Å²) in [6, 6.07) is 17.7. The maximum Gasteiger partial charge on any atom is 0.304 e. The van der Waals surface area contributed by atoms with E-state index in [0.29, 0.717) is 37.7 Å². The van der Waals surface area contributed by atoms with Crippen LogP contribution in [0.4, 0.5) is 0 Å². The van der Waals surface area contributed by atoms with Gasteiger partial charge in [-0.15, -0.1) is 0 Å². The van der Waals surface area contributed by atoms with Crippen LogP contribution >= 0.6 is 0 Å². The van der Waals surface area contributed by atoms with E-state index in [1.165, 1.54) is 6.26 Å². The van der Waals surface area contributed by atoms with E-state index < -0.39 is 15.8 Å². The number of carboxylic acids is 1. The first-order chi connectivity index (χ1) is 17.6. The molecule has 4 rings (SSSR count). The number of fused-ring (bicyclic) bond motifs is 1. The number of hydrogen-bond acceptors (Lipinski definition) is 6. The molecule has 3 aromatic rings. The topological polar surface area (TPSA) is 99.1 Å². The molecule has 0 spiro atoms. The van der Waals surface area contributed by atoms with E-state index in [4.69, 9.17) is 19.3 Å². The Morgan fingerprint density at radius 3 is 2.54 bits per heavy atom. The molecule has 0 aliphatic carbocycles. The van der Waals surface area contributed by atoms with Crippen molar-refractivity contribution in [1.29, 1.82) is 0 Å². The predicted molar refractivity (Wildman–Crippen MR) is 142 cm³/mol. The molecule has 0 amide bonds. The zero-order chi connectivity index (χ0) is 26.6. The van der Waals surface area contributed by atoms with Crippen LogP contribution in [-0.2, 0) is 21.2 Å². The molecule has 8 heteroatoms. The molecule has 0 bridgehead atoms. The molecule has 0 fully saturated rings. The van der Waals surface area contributed by atoms with Gasteiger partial charge in [0, 0.05) is 23.8 Å². The van der Waals surface area contributed by atoms with E-state index in [1.807, 2.05) is 56.3 Å². The summed E-state index contributed by atoms with van der Waals surface area (Å²) in [6.07, 6.45) is 1.74. The molecule has 0 aromatic heterocycles. The van der Waals surface area contributed by atoms with E-state index in [2.05, 4.69) is 12.1 Å². The third kappa shape index (κ3) is 7.04. The van der Waals surface area contributed by atoms with Crippen LogP contribution in [0, 0.1) is 13.8 Å². The van der Waals surface area contributed by atoms with Gasteiger partial charge < -0.3 is 19.3 Å². The Bertz CT molecular complexity index is 1370. The Morgan fingerprint density at radius 1 is 1.08 bits per heavy atom. The molecule has 0 saturated heterocycles. The smallest absolute Gasteiger partial charge is 0.304 e. The van der Waals surface area contributed by atoms with Crippen LogP contribution < -0.4 is 14.2 Å². The average molecular weight is 527 g/mol. The quantitative estimate of drug-likeness (QED) is 0.338. The molecule has 0 saturated carbocycles. The second-order valence-corrected chi connectivity index (χ2v) is 11.8. The average Bonchev–Trinajstić information content (AvgIpc) is 3.21. The minimum atomic E-state index is -2.99. The summed E-state index contributed by atoms with van der Waals surface area (Å²) < 4.78 is 40.1. The zero-order valence-corrected chi connectivity index (χ0v) is 22.1. The van der Waals surface area contributed by atoms with Crippen molar-refractivity contribution in [2.45, 2.75) is 39.2 Å². The van der Waals surface area contributed by atoms with Crippen molar-refractivity contribution in [3.63, 3.8) is 0 Å². The standard InChI is InChI=1S/C29H32O7S/c1-19-12-25(34-10-5-11-37(3,32)33)13-20(2)29(19)22-7-4-6-21(14-22)17-35-24-8-9-26-23(15-28(30)31)18-36-27(26)16-24/h4,6-9,12-14,16,23H,5,10-11,15,17-18H2,1-3H3,(H,30,31)/t23-/m1/s1/i17+2. The molecule has 1 heterocycles. The van der Waals surface area contributed by atoms with Gasteiger partial charge in [0.2, 0.25) is 0 Å². The third-order valence-corrected chi connectivity index (χ3v) is 7.37. The zero-order valence-electron chi connectivity index (χ0n) is 21.3. The molecule has 1 atom stereocenters. The van der Waals surface area contributed by atoms with Gasteiger partial charge in [-0.25, -0.2) is 8.42 Å². The van der Waals surface area contributed by atoms with Gasteiger partial charge in [0.25, 0.3) is 0 Å². The minimum Gasteiger partial charge on any atom is -0.494 e. The fourth-order valence-electron chi connectivity index (χ4n) is 4.68. The van der Waals surface area contributed by atoms with E-state index >= 15 is 0 Å². The molecule has 1 aliphatic rings. The Balaban J connectivity index is 1.42. The van der Waals surface area contributed by atoms with Crippen LogP contribution in [-0.4, -0.2) is 44.7 Å². The third-order valence-electron chi connectivity index (χ3n) is 6.34. The molecular formula is C29H32O7S. The number of ether oxygens (including phenoxy) is 3. The van der Waals surface area contributed by atoms with E-state index in [-0.39, 0.29) is 18.1 Å². The lowest BCUT2D eigenvalue weighted by Crippen LogP contribution is -2.08. The van der Waals surface area contributed by atoms with E-state index in [9.17, 15) is 13.2 Å². The molecule has 196 valence electrons. The number of sulfone groups is 1. The van der Waals surface area contributed by atoms with Crippen molar-refractivity contribution in [1.82, 2.24) is 0 Å². The van der Waals surface area contributed by atoms with Gasteiger partial charge in [-0.3, -0.25) is 4.79 Å². The highest BCUT2D eigenvalue weighted by Crippen LogP contribution is 2.38. The number of hydrogen-bond donors (Lipinski definition) is 1. The van der Waals surface area contributed by atoms with Crippen molar-refractivity contribution < 1.29 is 32.5 Å². The van der Waals surface area contributed by atoms with Gasteiger partial charge in [-0.1, -0.05) is 24.3 Å². The largest absolute Gasteiger partial charge is 0.494 e. The van der Waals surface area contributed by atoms with Gasteiger partial charge in [0.15, 0.2) is 0 Å². The number of carbonyl (C=O) groups is 1. The highest BCUT2D eigenvalue weighted by atomic mass is 32.2. The molecule has 0 radical (unpaired) electrons. The van der Waals surface area contributed by atoms with Gasteiger partial charge in [-0.2, -0.15) is 0 Å². The van der Waals surface area contributed by atoms with Crippen LogP contribution in [0.15, 0.2) is 54.6 Å². The Kier molecular flexibility index (Phi) is 8.07. The summed E-state index contributed by atoms with van der Waals surface area (Å²) in [5.41, 5.74) is 6.27. The maximum atomic E-state index is 11.3. The maximum absolute atomic E-state index is 11.3. The van der Waals surface area contributed by atoms with Gasteiger partial charge in [0.05, 0.1) is 25.4 Å². The number of aliphatic carboxylic acids is 1. The number of aryl methyl sites for hydroxylation is 2. The second-order valence-electron chi connectivity index (χ2n) is 9.56. The van der Waals surface area contributed by atoms with Gasteiger partial charge in [0.1, 0.15) is 33.7 Å². The lowest BCUT2D eigenvalue weighted by Gasteiger charge is -2.15. The summed E-state index contributed by atoms with van der Waals surface area (Å²) in [7, 11) is -2.99. The first-order valence-corrected chi connectivity index (χ1v) is 14.3. The van der Waals surface area contributed by atoms with Crippen LogP contribution in [0.25, 0.3) is 11.1 Å². The van der Waals surface area contributed by atoms with Crippen molar-refractivity contribution in [3.8, 4) is 28.4 Å². The Labute approximate surface area is 217 Å². The number of benzene rings is 3. The molecule has 3 aromatic carbocycles. The van der Waals surface area contributed by atoms with Crippen molar-refractivity contribution in [3.05, 3.63) is 76.9 Å². The lowest BCUT2D eigenvalue weighted by molar-refractivity contribution is -0.137. The summed E-state index contributed by atoms with van der Waals surface area (Å²) in [5, 5.41) is 9.08.